The molecule has 0 aromatic heterocycles. The molecule has 23 heavy (non-hydrogen) atoms. The molecule has 1 aromatic carbocycles. The van der Waals surface area contributed by atoms with Gasteiger partial charge < -0.3 is 25.2 Å². The zero-order valence-electron chi connectivity index (χ0n) is 14.8. The fourth-order valence-electron chi connectivity index (χ4n) is 2.06. The Balaban J connectivity index is 2.91. The van der Waals surface area contributed by atoms with Crippen molar-refractivity contribution in [2.45, 2.75) is 39.2 Å². The van der Waals surface area contributed by atoms with Gasteiger partial charge in [0.25, 0.3) is 0 Å². The molecule has 0 bridgehead atoms. The predicted molar refractivity (Wildman–Crippen MR) is 94.7 cm³/mol. The number of ether oxygens (including phenoxy) is 2. The van der Waals surface area contributed by atoms with E-state index in [-0.39, 0.29) is 0 Å². The quantitative estimate of drug-likeness (QED) is 0.506. The van der Waals surface area contributed by atoms with E-state index in [9.17, 15) is 5.11 Å². The lowest BCUT2D eigenvalue weighted by Crippen LogP contribution is -2.35. The number of guanidine groups is 1. The number of aliphatic imine (C=N–C) groups is 1. The molecule has 1 aromatic rings. The highest BCUT2D eigenvalue weighted by Gasteiger charge is 2.21. The molecule has 0 fully saturated rings. The van der Waals surface area contributed by atoms with Crippen LogP contribution in [0, 0.1) is 0 Å². The van der Waals surface area contributed by atoms with Gasteiger partial charge in [-0.1, -0.05) is 13.8 Å². The lowest BCUT2D eigenvalue weighted by Gasteiger charge is -2.23. The monoisotopic (exact) mass is 323 g/mol. The minimum absolute atomic E-state index is 0.350. The second-order valence-electron chi connectivity index (χ2n) is 5.32. The molecule has 6 nitrogen and oxygen atoms in total. The summed E-state index contributed by atoms with van der Waals surface area (Å²) >= 11 is 0. The molecule has 3 N–H and O–H groups in total. The Morgan fingerprint density at radius 2 is 1.78 bits per heavy atom. The zero-order chi connectivity index (χ0) is 17.3. The molecular weight excluding hydrogens is 294 g/mol. The van der Waals surface area contributed by atoms with Gasteiger partial charge in [0.05, 0.1) is 26.4 Å². The molecule has 0 saturated carbocycles. The van der Waals surface area contributed by atoms with E-state index in [1.54, 1.807) is 14.2 Å². The molecule has 0 aliphatic rings. The fraction of sp³-hybridized carbons (Fsp3) is 0.588. The first kappa shape index (κ1) is 19.1. The highest BCUT2D eigenvalue weighted by molar-refractivity contribution is 5.93. The third-order valence-corrected chi connectivity index (χ3v) is 3.84. The number of benzene rings is 1. The van der Waals surface area contributed by atoms with Gasteiger partial charge in [0.1, 0.15) is 0 Å². The molecule has 0 saturated heterocycles. The highest BCUT2D eigenvalue weighted by Crippen LogP contribution is 2.29. The van der Waals surface area contributed by atoms with Crippen molar-refractivity contribution in [2.75, 3.05) is 32.6 Å². The summed E-state index contributed by atoms with van der Waals surface area (Å²) in [6.07, 6.45) is 1.34. The topological polar surface area (TPSA) is 75.1 Å². The maximum absolute atomic E-state index is 10.4. The maximum Gasteiger partial charge on any atom is 0.195 e. The Bertz CT molecular complexity index is 514. The van der Waals surface area contributed by atoms with E-state index in [0.717, 1.165) is 12.2 Å². The van der Waals surface area contributed by atoms with Gasteiger partial charge in [-0.05, 0) is 31.9 Å². The van der Waals surface area contributed by atoms with Gasteiger partial charge in [0, 0.05) is 18.3 Å². The summed E-state index contributed by atoms with van der Waals surface area (Å²) in [6.45, 7) is 7.01. The van der Waals surface area contributed by atoms with Crippen LogP contribution in [0.1, 0.15) is 33.6 Å². The normalized spacial score (nSPS) is 12.0. The number of nitrogens with zero attached hydrogens (tertiary/aromatic N) is 1. The third-order valence-electron chi connectivity index (χ3n) is 3.84. The molecule has 1 rings (SSSR count). The van der Waals surface area contributed by atoms with Crippen LogP contribution in [0.5, 0.6) is 11.5 Å². The van der Waals surface area contributed by atoms with Crippen LogP contribution in [0.15, 0.2) is 23.2 Å². The summed E-state index contributed by atoms with van der Waals surface area (Å²) in [6, 6.07) is 5.57. The van der Waals surface area contributed by atoms with Crippen LogP contribution >= 0.6 is 0 Å². The maximum atomic E-state index is 10.4. The Hall–Kier alpha value is -1.95. The summed E-state index contributed by atoms with van der Waals surface area (Å²) in [5.74, 6) is 1.94. The lowest BCUT2D eigenvalue weighted by molar-refractivity contribution is 0.0419. The molecule has 0 aliphatic heterocycles. The molecule has 0 aliphatic carbocycles. The number of rotatable bonds is 8. The Kier molecular flexibility index (Phi) is 7.68. The minimum atomic E-state index is -0.764. The number of nitrogens with one attached hydrogen (secondary N) is 2. The van der Waals surface area contributed by atoms with Gasteiger partial charge in [0.15, 0.2) is 17.5 Å². The van der Waals surface area contributed by atoms with Crippen molar-refractivity contribution in [3.63, 3.8) is 0 Å². The molecular formula is C17H29N3O3. The van der Waals surface area contributed by atoms with E-state index in [2.05, 4.69) is 15.6 Å². The van der Waals surface area contributed by atoms with Crippen molar-refractivity contribution in [3.05, 3.63) is 18.2 Å². The minimum Gasteiger partial charge on any atom is -0.493 e. The summed E-state index contributed by atoms with van der Waals surface area (Å²) in [5, 5.41) is 16.8. The van der Waals surface area contributed by atoms with Crippen molar-refractivity contribution in [2.24, 2.45) is 4.99 Å². The van der Waals surface area contributed by atoms with E-state index in [0.29, 0.717) is 36.8 Å². The summed E-state index contributed by atoms with van der Waals surface area (Å²) < 4.78 is 10.5. The first-order valence-corrected chi connectivity index (χ1v) is 8.01. The van der Waals surface area contributed by atoms with E-state index >= 15 is 0 Å². The molecule has 0 atom stereocenters. The number of anilines is 1. The zero-order valence-corrected chi connectivity index (χ0v) is 14.8. The lowest BCUT2D eigenvalue weighted by atomic mass is 9.98. The number of methoxy groups -OCH3 is 2. The second kappa shape index (κ2) is 9.25. The molecule has 130 valence electrons. The standard InChI is InChI=1S/C17H29N3O3/c1-6-17(21,7-2)12-19-16(18-8-3)20-13-9-10-14(22-4)15(11-13)23-5/h9-11,21H,6-8,12H2,1-5H3,(H2,18,19,20). The van der Waals surface area contributed by atoms with E-state index in [4.69, 9.17) is 9.47 Å². The van der Waals surface area contributed by atoms with Crippen molar-refractivity contribution in [3.8, 4) is 11.5 Å². The van der Waals surface area contributed by atoms with Crippen LogP contribution in [0.25, 0.3) is 0 Å². The fourth-order valence-corrected chi connectivity index (χ4v) is 2.06. The average Bonchev–Trinajstić information content (AvgIpc) is 2.59. The van der Waals surface area contributed by atoms with Gasteiger partial charge in [-0.15, -0.1) is 0 Å². The molecule has 0 unspecified atom stereocenters. The van der Waals surface area contributed by atoms with Crippen molar-refractivity contribution in [1.29, 1.82) is 0 Å². The van der Waals surface area contributed by atoms with Crippen LogP contribution in [-0.4, -0.2) is 44.0 Å². The van der Waals surface area contributed by atoms with Crippen LogP contribution in [0.3, 0.4) is 0 Å². The van der Waals surface area contributed by atoms with Crippen molar-refractivity contribution in [1.82, 2.24) is 5.32 Å². The summed E-state index contributed by atoms with van der Waals surface area (Å²) in [7, 11) is 3.20. The van der Waals surface area contributed by atoms with Gasteiger partial charge in [0.2, 0.25) is 0 Å². The SMILES string of the molecule is CCNC(=NCC(O)(CC)CC)Nc1ccc(OC)c(OC)c1. The first-order valence-electron chi connectivity index (χ1n) is 8.01. The first-order chi connectivity index (χ1) is 11.0. The van der Waals surface area contributed by atoms with E-state index in [1.165, 1.54) is 0 Å². The number of hydrogen-bond acceptors (Lipinski definition) is 4. The van der Waals surface area contributed by atoms with Crippen LogP contribution < -0.4 is 20.1 Å². The van der Waals surface area contributed by atoms with Gasteiger partial charge in [-0.3, -0.25) is 4.99 Å². The van der Waals surface area contributed by atoms with E-state index in [1.807, 2.05) is 39.0 Å². The Labute approximate surface area is 138 Å². The Morgan fingerprint density at radius 3 is 2.30 bits per heavy atom. The summed E-state index contributed by atoms with van der Waals surface area (Å²) in [5.41, 5.74) is 0.0684. The van der Waals surface area contributed by atoms with Gasteiger partial charge >= 0.3 is 0 Å². The van der Waals surface area contributed by atoms with Crippen LogP contribution in [-0.2, 0) is 0 Å². The van der Waals surface area contributed by atoms with Gasteiger partial charge in [-0.2, -0.15) is 0 Å². The smallest absolute Gasteiger partial charge is 0.195 e. The Morgan fingerprint density at radius 1 is 1.13 bits per heavy atom. The molecule has 6 heteroatoms. The van der Waals surface area contributed by atoms with E-state index < -0.39 is 5.60 Å². The van der Waals surface area contributed by atoms with Gasteiger partial charge in [-0.25, -0.2) is 0 Å². The predicted octanol–water partition coefficient (Wildman–Crippen LogP) is 2.63. The highest BCUT2D eigenvalue weighted by atomic mass is 16.5. The molecule has 0 amide bonds. The molecule has 0 heterocycles. The average molecular weight is 323 g/mol. The molecule has 0 radical (unpaired) electrons. The number of aliphatic hydroxyl groups is 1. The van der Waals surface area contributed by atoms with Crippen LogP contribution in [0.2, 0.25) is 0 Å². The van der Waals surface area contributed by atoms with Crippen LogP contribution in [0.4, 0.5) is 5.69 Å². The second-order valence-corrected chi connectivity index (χ2v) is 5.32. The summed E-state index contributed by atoms with van der Waals surface area (Å²) in [4.78, 5) is 4.49. The number of hydrogen-bond donors (Lipinski definition) is 3. The third kappa shape index (κ3) is 5.63. The van der Waals surface area contributed by atoms with Crippen molar-refractivity contribution < 1.29 is 14.6 Å². The van der Waals surface area contributed by atoms with Crippen molar-refractivity contribution >= 4 is 11.6 Å². The largest absolute Gasteiger partial charge is 0.493 e. The molecule has 0 spiro atoms.